The molecule has 5 heteroatoms. The van der Waals surface area contributed by atoms with E-state index in [1.54, 1.807) is 0 Å². The van der Waals surface area contributed by atoms with Crippen LogP contribution in [0, 0.1) is 0 Å². The average molecular weight is 352 g/mol. The summed E-state index contributed by atoms with van der Waals surface area (Å²) in [6.45, 7) is 10.1. The summed E-state index contributed by atoms with van der Waals surface area (Å²) in [4.78, 5) is 6.78. The highest BCUT2D eigenvalue weighted by Gasteiger charge is 2.25. The van der Waals surface area contributed by atoms with Crippen LogP contribution in [-0.2, 0) is 10.2 Å². The molecule has 0 saturated carbocycles. The number of aliphatic imine (C=N–C) groups is 1. The van der Waals surface area contributed by atoms with Crippen molar-refractivity contribution in [3.8, 4) is 0 Å². The summed E-state index contributed by atoms with van der Waals surface area (Å²) >= 11 is 6.14. The summed E-state index contributed by atoms with van der Waals surface area (Å²) in [5.74, 6) is 0.972. The monoisotopic (exact) mass is 351 g/mol. The summed E-state index contributed by atoms with van der Waals surface area (Å²) in [6.07, 6.45) is 2.52. The molecular formula is C19H30ClN3O. The zero-order valence-electron chi connectivity index (χ0n) is 15.3. The molecule has 1 aromatic rings. The molecule has 1 aromatic carbocycles. The summed E-state index contributed by atoms with van der Waals surface area (Å²) in [6, 6.07) is 8.09. The van der Waals surface area contributed by atoms with Gasteiger partial charge in [-0.05, 0) is 37.5 Å². The Labute approximate surface area is 151 Å². The van der Waals surface area contributed by atoms with Crippen LogP contribution < -0.4 is 5.32 Å². The van der Waals surface area contributed by atoms with Crippen LogP contribution in [-0.4, -0.2) is 50.3 Å². The largest absolute Gasteiger partial charge is 0.378 e. The third-order valence-corrected chi connectivity index (χ3v) is 4.89. The van der Waals surface area contributed by atoms with E-state index in [1.807, 2.05) is 25.2 Å². The molecular weight excluding hydrogens is 322 g/mol. The van der Waals surface area contributed by atoms with E-state index < -0.39 is 0 Å². The molecule has 0 radical (unpaired) electrons. The van der Waals surface area contributed by atoms with E-state index in [2.05, 4.69) is 42.0 Å². The molecule has 0 amide bonds. The Morgan fingerprint density at radius 1 is 1.38 bits per heavy atom. The molecule has 1 heterocycles. The number of guanidine groups is 1. The van der Waals surface area contributed by atoms with E-state index >= 15 is 0 Å². The number of nitrogens with zero attached hydrogens (tertiary/aromatic N) is 2. The lowest BCUT2D eigenvalue weighted by molar-refractivity contribution is 0.0263. The summed E-state index contributed by atoms with van der Waals surface area (Å²) < 4.78 is 5.73. The maximum atomic E-state index is 6.14. The highest BCUT2D eigenvalue weighted by Crippen LogP contribution is 2.25. The van der Waals surface area contributed by atoms with Crippen LogP contribution in [0.2, 0.25) is 5.02 Å². The van der Waals surface area contributed by atoms with Crippen LogP contribution >= 0.6 is 11.6 Å². The van der Waals surface area contributed by atoms with Gasteiger partial charge in [-0.1, -0.05) is 37.6 Å². The number of hydrogen-bond acceptors (Lipinski definition) is 2. The van der Waals surface area contributed by atoms with E-state index in [-0.39, 0.29) is 5.41 Å². The Hall–Kier alpha value is -1.26. The van der Waals surface area contributed by atoms with E-state index in [0.717, 1.165) is 50.1 Å². The topological polar surface area (TPSA) is 36.9 Å². The van der Waals surface area contributed by atoms with Crippen LogP contribution in [0.25, 0.3) is 0 Å². The van der Waals surface area contributed by atoms with Crippen LogP contribution in [0.15, 0.2) is 29.3 Å². The highest BCUT2D eigenvalue weighted by molar-refractivity contribution is 6.30. The Kier molecular flexibility index (Phi) is 6.93. The fourth-order valence-electron chi connectivity index (χ4n) is 3.11. The van der Waals surface area contributed by atoms with Crippen molar-refractivity contribution in [2.45, 2.75) is 45.1 Å². The lowest BCUT2D eigenvalue weighted by Crippen LogP contribution is -2.49. The molecule has 1 N–H and O–H groups in total. The molecule has 0 spiro atoms. The SMILES string of the molecule is CCOC1CCN(C(=NC)NCC(C)(C)c2cccc(Cl)c2)CC1. The van der Waals surface area contributed by atoms with Crippen molar-refractivity contribution in [2.75, 3.05) is 33.3 Å². The fraction of sp³-hybridized carbons (Fsp3) is 0.632. The van der Waals surface area contributed by atoms with Gasteiger partial charge in [0.2, 0.25) is 0 Å². The van der Waals surface area contributed by atoms with E-state index in [1.165, 1.54) is 5.56 Å². The maximum absolute atomic E-state index is 6.14. The van der Waals surface area contributed by atoms with Gasteiger partial charge in [0.05, 0.1) is 6.10 Å². The van der Waals surface area contributed by atoms with Gasteiger partial charge in [0.15, 0.2) is 5.96 Å². The fourth-order valence-corrected chi connectivity index (χ4v) is 3.30. The predicted molar refractivity (Wildman–Crippen MR) is 102 cm³/mol. The van der Waals surface area contributed by atoms with Crippen LogP contribution in [0.1, 0.15) is 39.2 Å². The second-order valence-electron chi connectivity index (χ2n) is 6.94. The molecule has 2 rings (SSSR count). The highest BCUT2D eigenvalue weighted by atomic mass is 35.5. The molecule has 1 aliphatic heterocycles. The smallest absolute Gasteiger partial charge is 0.193 e. The number of hydrogen-bond donors (Lipinski definition) is 1. The quantitative estimate of drug-likeness (QED) is 0.649. The van der Waals surface area contributed by atoms with Crippen molar-refractivity contribution in [1.82, 2.24) is 10.2 Å². The van der Waals surface area contributed by atoms with Crippen LogP contribution in [0.3, 0.4) is 0 Å². The third kappa shape index (κ3) is 5.12. The number of rotatable bonds is 5. The zero-order chi connectivity index (χ0) is 17.6. The normalized spacial score (nSPS) is 17.2. The lowest BCUT2D eigenvalue weighted by Gasteiger charge is -2.35. The van der Waals surface area contributed by atoms with E-state index in [0.29, 0.717) is 6.10 Å². The number of ether oxygens (including phenoxy) is 1. The maximum Gasteiger partial charge on any atom is 0.193 e. The molecule has 1 fully saturated rings. The number of likely N-dealkylation sites (tertiary alicyclic amines) is 1. The zero-order valence-corrected chi connectivity index (χ0v) is 16.1. The first kappa shape index (κ1) is 19.1. The van der Waals surface area contributed by atoms with E-state index in [9.17, 15) is 0 Å². The molecule has 0 aliphatic carbocycles. The molecule has 0 aromatic heterocycles. The Morgan fingerprint density at radius 2 is 2.08 bits per heavy atom. The van der Waals surface area contributed by atoms with E-state index in [4.69, 9.17) is 16.3 Å². The second-order valence-corrected chi connectivity index (χ2v) is 7.37. The minimum Gasteiger partial charge on any atom is -0.378 e. The van der Waals surface area contributed by atoms with Crippen LogP contribution in [0.5, 0.6) is 0 Å². The summed E-state index contributed by atoms with van der Waals surface area (Å²) in [5.41, 5.74) is 1.21. The molecule has 1 aliphatic rings. The number of benzene rings is 1. The predicted octanol–water partition coefficient (Wildman–Crippen LogP) is 3.69. The van der Waals surface area contributed by atoms with Gasteiger partial charge in [-0.2, -0.15) is 0 Å². The van der Waals surface area contributed by atoms with Gasteiger partial charge in [-0.25, -0.2) is 0 Å². The Bertz CT molecular complexity index is 551. The first-order chi connectivity index (χ1) is 11.5. The minimum absolute atomic E-state index is 0.0233. The molecule has 24 heavy (non-hydrogen) atoms. The van der Waals surface area contributed by atoms with Crippen molar-refractivity contribution in [1.29, 1.82) is 0 Å². The van der Waals surface area contributed by atoms with Crippen molar-refractivity contribution >= 4 is 17.6 Å². The molecule has 0 bridgehead atoms. The number of piperidine rings is 1. The Morgan fingerprint density at radius 3 is 2.67 bits per heavy atom. The molecule has 134 valence electrons. The van der Waals surface area contributed by atoms with Gasteiger partial charge < -0.3 is 15.0 Å². The molecule has 0 unspecified atom stereocenters. The third-order valence-electron chi connectivity index (χ3n) is 4.65. The average Bonchev–Trinajstić information content (AvgIpc) is 2.57. The lowest BCUT2D eigenvalue weighted by atomic mass is 9.84. The second kappa shape index (κ2) is 8.72. The van der Waals surface area contributed by atoms with Gasteiger partial charge in [-0.3, -0.25) is 4.99 Å². The molecule has 1 saturated heterocycles. The summed E-state index contributed by atoms with van der Waals surface area (Å²) in [7, 11) is 1.85. The number of halogens is 1. The Balaban J connectivity index is 1.92. The first-order valence-corrected chi connectivity index (χ1v) is 9.17. The van der Waals surface area contributed by atoms with Gasteiger partial charge in [0, 0.05) is 43.7 Å². The number of nitrogens with one attached hydrogen (secondary N) is 1. The van der Waals surface area contributed by atoms with Gasteiger partial charge in [0.1, 0.15) is 0 Å². The van der Waals surface area contributed by atoms with Crippen molar-refractivity contribution in [2.24, 2.45) is 4.99 Å². The molecule has 0 atom stereocenters. The van der Waals surface area contributed by atoms with Crippen molar-refractivity contribution < 1.29 is 4.74 Å². The van der Waals surface area contributed by atoms with Crippen molar-refractivity contribution in [3.05, 3.63) is 34.9 Å². The first-order valence-electron chi connectivity index (χ1n) is 8.79. The van der Waals surface area contributed by atoms with Gasteiger partial charge >= 0.3 is 0 Å². The minimum atomic E-state index is -0.0233. The van der Waals surface area contributed by atoms with Crippen LogP contribution in [0.4, 0.5) is 0 Å². The molecule has 4 nitrogen and oxygen atoms in total. The van der Waals surface area contributed by atoms with Crippen molar-refractivity contribution in [3.63, 3.8) is 0 Å². The summed E-state index contributed by atoms with van der Waals surface area (Å²) in [5, 5.41) is 4.32. The van der Waals surface area contributed by atoms with Gasteiger partial charge in [0.25, 0.3) is 0 Å². The van der Waals surface area contributed by atoms with Gasteiger partial charge in [-0.15, -0.1) is 0 Å². The standard InChI is InChI=1S/C19H30ClN3O/c1-5-24-17-9-11-23(12-10-17)18(21-4)22-14-19(2,3)15-7-6-8-16(20)13-15/h6-8,13,17H,5,9-12,14H2,1-4H3,(H,21,22).